The maximum atomic E-state index is 11.9. The molecule has 0 unspecified atom stereocenters. The molecule has 1 saturated heterocycles. The van der Waals surface area contributed by atoms with Gasteiger partial charge < -0.3 is 15.5 Å². The van der Waals surface area contributed by atoms with Gasteiger partial charge in [0.2, 0.25) is 0 Å². The van der Waals surface area contributed by atoms with Crippen LogP contribution in [0.1, 0.15) is 24.0 Å². The van der Waals surface area contributed by atoms with Gasteiger partial charge in [-0.05, 0) is 57.1 Å². The van der Waals surface area contributed by atoms with Crippen LogP contribution in [0.4, 0.5) is 4.79 Å². The lowest BCUT2D eigenvalue weighted by Crippen LogP contribution is -2.46. The zero-order chi connectivity index (χ0) is 14.5. The maximum absolute atomic E-state index is 11.9. The molecule has 0 atom stereocenters. The first kappa shape index (κ1) is 15.1. The normalized spacial score (nSPS) is 16.9. The molecule has 2 rings (SSSR count). The third kappa shape index (κ3) is 4.12. The molecule has 2 N–H and O–H groups in total. The number of amides is 2. The van der Waals surface area contributed by atoms with Crippen LogP contribution in [-0.2, 0) is 6.54 Å². The smallest absolute Gasteiger partial charge is 0.315 e. The van der Waals surface area contributed by atoms with Crippen LogP contribution in [0.15, 0.2) is 18.2 Å². The molecule has 4 nitrogen and oxygen atoms in total. The number of likely N-dealkylation sites (tertiary alicyclic amines) is 1. The van der Waals surface area contributed by atoms with Gasteiger partial charge in [-0.25, -0.2) is 4.79 Å². The van der Waals surface area contributed by atoms with Gasteiger partial charge in [-0.3, -0.25) is 0 Å². The molecule has 1 aromatic carbocycles. The van der Waals surface area contributed by atoms with E-state index >= 15 is 0 Å². The van der Waals surface area contributed by atoms with E-state index in [2.05, 4.69) is 22.6 Å². The van der Waals surface area contributed by atoms with E-state index in [1.165, 1.54) is 0 Å². The molecular formula is C15H22ClN3O. The number of urea groups is 1. The van der Waals surface area contributed by atoms with Gasteiger partial charge in [0.25, 0.3) is 0 Å². The highest BCUT2D eigenvalue weighted by Crippen LogP contribution is 2.18. The molecule has 1 fully saturated rings. The minimum atomic E-state index is -0.0982. The Hall–Kier alpha value is -1.26. The number of benzene rings is 1. The van der Waals surface area contributed by atoms with Crippen LogP contribution in [0.5, 0.6) is 0 Å². The fraction of sp³-hybridized carbons (Fsp3) is 0.533. The molecule has 0 spiro atoms. The zero-order valence-electron chi connectivity index (χ0n) is 12.1. The van der Waals surface area contributed by atoms with Crippen LogP contribution < -0.4 is 10.6 Å². The summed E-state index contributed by atoms with van der Waals surface area (Å²) in [6.07, 6.45) is 2.03. The van der Waals surface area contributed by atoms with E-state index in [0.29, 0.717) is 6.54 Å². The van der Waals surface area contributed by atoms with Crippen LogP contribution in [0.2, 0.25) is 5.02 Å². The predicted octanol–water partition coefficient (Wildman–Crippen LogP) is 2.54. The lowest BCUT2D eigenvalue weighted by atomic mass is 10.1. The molecule has 110 valence electrons. The van der Waals surface area contributed by atoms with E-state index in [0.717, 1.165) is 42.1 Å². The topological polar surface area (TPSA) is 44.4 Å². The van der Waals surface area contributed by atoms with Crippen molar-refractivity contribution in [3.05, 3.63) is 34.3 Å². The second-order valence-electron chi connectivity index (χ2n) is 5.43. The Labute approximate surface area is 125 Å². The Morgan fingerprint density at radius 1 is 1.40 bits per heavy atom. The van der Waals surface area contributed by atoms with E-state index < -0.39 is 0 Å². The number of carbonyl (C=O) groups is 1. The number of rotatable bonds is 3. The van der Waals surface area contributed by atoms with Crippen LogP contribution in [0.25, 0.3) is 0 Å². The molecule has 0 aromatic heterocycles. The molecule has 1 heterocycles. The zero-order valence-corrected chi connectivity index (χ0v) is 12.8. The highest BCUT2D eigenvalue weighted by molar-refractivity contribution is 6.31. The molecule has 20 heavy (non-hydrogen) atoms. The number of hydrogen-bond acceptors (Lipinski definition) is 2. The monoisotopic (exact) mass is 295 g/mol. The van der Waals surface area contributed by atoms with Gasteiger partial charge in [0.05, 0.1) is 0 Å². The van der Waals surface area contributed by atoms with Gasteiger partial charge in [0.15, 0.2) is 0 Å². The van der Waals surface area contributed by atoms with Crippen molar-refractivity contribution in [1.82, 2.24) is 15.5 Å². The van der Waals surface area contributed by atoms with Crippen molar-refractivity contribution in [3.8, 4) is 0 Å². The first-order valence-electron chi connectivity index (χ1n) is 7.03. The Kier molecular flexibility index (Phi) is 5.26. The molecular weight excluding hydrogens is 274 g/mol. The minimum absolute atomic E-state index is 0.0982. The highest BCUT2D eigenvalue weighted by Gasteiger charge is 2.18. The number of nitrogens with one attached hydrogen (secondary N) is 2. The Morgan fingerprint density at radius 3 is 2.80 bits per heavy atom. The van der Waals surface area contributed by atoms with Crippen LogP contribution in [0, 0.1) is 6.92 Å². The number of carbonyl (C=O) groups excluding carboxylic acids is 1. The lowest BCUT2D eigenvalue weighted by molar-refractivity contribution is 0.213. The van der Waals surface area contributed by atoms with Crippen LogP contribution in [-0.4, -0.2) is 37.1 Å². The van der Waals surface area contributed by atoms with Crippen molar-refractivity contribution in [3.63, 3.8) is 0 Å². The summed E-state index contributed by atoms with van der Waals surface area (Å²) in [7, 11) is 2.11. The third-order valence-electron chi connectivity index (χ3n) is 3.87. The standard InChI is InChI=1S/C15H22ClN3O/c1-11-12(4-3-5-14(11)16)10-17-15(20)18-13-6-8-19(2)9-7-13/h3-5,13H,6-10H2,1-2H3,(H2,17,18,20). The van der Waals surface area contributed by atoms with Crippen molar-refractivity contribution in [2.75, 3.05) is 20.1 Å². The first-order valence-corrected chi connectivity index (χ1v) is 7.41. The summed E-state index contributed by atoms with van der Waals surface area (Å²) in [5, 5.41) is 6.67. The number of piperidine rings is 1. The summed E-state index contributed by atoms with van der Waals surface area (Å²) < 4.78 is 0. The lowest BCUT2D eigenvalue weighted by Gasteiger charge is -2.29. The molecule has 0 aliphatic carbocycles. The van der Waals surface area contributed by atoms with E-state index in [9.17, 15) is 4.79 Å². The second kappa shape index (κ2) is 6.95. The summed E-state index contributed by atoms with van der Waals surface area (Å²) in [6.45, 7) is 4.55. The fourth-order valence-corrected chi connectivity index (χ4v) is 2.60. The Balaban J connectivity index is 1.79. The summed E-state index contributed by atoms with van der Waals surface area (Å²) in [5.74, 6) is 0. The van der Waals surface area contributed by atoms with Gasteiger partial charge in [-0.15, -0.1) is 0 Å². The minimum Gasteiger partial charge on any atom is -0.335 e. The molecule has 5 heteroatoms. The predicted molar refractivity (Wildman–Crippen MR) is 82.1 cm³/mol. The van der Waals surface area contributed by atoms with Crippen LogP contribution in [0.3, 0.4) is 0 Å². The fourth-order valence-electron chi connectivity index (χ4n) is 2.41. The molecule has 0 saturated carbocycles. The van der Waals surface area contributed by atoms with Gasteiger partial charge in [-0.2, -0.15) is 0 Å². The SMILES string of the molecule is Cc1c(Cl)cccc1CNC(=O)NC1CCN(C)CC1. The molecule has 1 aliphatic rings. The highest BCUT2D eigenvalue weighted by atomic mass is 35.5. The van der Waals surface area contributed by atoms with E-state index in [1.807, 2.05) is 25.1 Å². The van der Waals surface area contributed by atoms with Gasteiger partial charge >= 0.3 is 6.03 Å². The van der Waals surface area contributed by atoms with E-state index in [1.54, 1.807) is 0 Å². The summed E-state index contributed by atoms with van der Waals surface area (Å²) in [5.41, 5.74) is 2.07. The van der Waals surface area contributed by atoms with Crippen molar-refractivity contribution < 1.29 is 4.79 Å². The summed E-state index contributed by atoms with van der Waals surface area (Å²) in [6, 6.07) is 5.93. The summed E-state index contributed by atoms with van der Waals surface area (Å²) in [4.78, 5) is 14.2. The average molecular weight is 296 g/mol. The molecule has 0 radical (unpaired) electrons. The molecule has 0 bridgehead atoms. The van der Waals surface area contributed by atoms with Crippen LogP contribution >= 0.6 is 11.6 Å². The quantitative estimate of drug-likeness (QED) is 0.900. The van der Waals surface area contributed by atoms with E-state index in [4.69, 9.17) is 11.6 Å². The molecule has 1 aliphatic heterocycles. The average Bonchev–Trinajstić information content (AvgIpc) is 2.43. The van der Waals surface area contributed by atoms with Gasteiger partial charge in [-0.1, -0.05) is 23.7 Å². The van der Waals surface area contributed by atoms with E-state index in [-0.39, 0.29) is 12.1 Å². The largest absolute Gasteiger partial charge is 0.335 e. The molecule has 1 aromatic rings. The van der Waals surface area contributed by atoms with Gasteiger partial charge in [0, 0.05) is 17.6 Å². The number of halogens is 1. The van der Waals surface area contributed by atoms with Crippen molar-refractivity contribution in [1.29, 1.82) is 0 Å². The first-order chi connectivity index (χ1) is 9.56. The van der Waals surface area contributed by atoms with Crippen molar-refractivity contribution in [2.24, 2.45) is 0 Å². The van der Waals surface area contributed by atoms with Crippen molar-refractivity contribution >= 4 is 17.6 Å². The number of hydrogen-bond donors (Lipinski definition) is 2. The Morgan fingerprint density at radius 2 is 2.10 bits per heavy atom. The Bertz CT molecular complexity index is 470. The van der Waals surface area contributed by atoms with Gasteiger partial charge in [0.1, 0.15) is 0 Å². The maximum Gasteiger partial charge on any atom is 0.315 e. The second-order valence-corrected chi connectivity index (χ2v) is 5.84. The number of nitrogens with zero attached hydrogens (tertiary/aromatic N) is 1. The van der Waals surface area contributed by atoms with Crippen molar-refractivity contribution in [2.45, 2.75) is 32.4 Å². The summed E-state index contributed by atoms with van der Waals surface area (Å²) >= 11 is 6.07. The molecule has 2 amide bonds. The third-order valence-corrected chi connectivity index (χ3v) is 4.28.